The SMILES string of the molecule is CN=C(NCCc1ccccc1OC)NCC1(NC(C)c2ccccc2)CCOCC1.I. The Morgan fingerprint density at radius 3 is 2.44 bits per heavy atom. The first-order valence-electron chi connectivity index (χ1n) is 11.1. The standard InChI is InChI=1S/C25H36N4O2.HI/c1-20(21-9-5-4-6-10-21)29-25(14-17-31-18-15-25)19-28-24(26-2)27-16-13-22-11-7-8-12-23(22)30-3;/h4-12,20,29H,13-19H2,1-3H3,(H2,26,27,28);1H. The smallest absolute Gasteiger partial charge is 0.191 e. The van der Waals surface area contributed by atoms with E-state index in [0.29, 0.717) is 0 Å². The second kappa shape index (κ2) is 13.6. The number of benzene rings is 2. The summed E-state index contributed by atoms with van der Waals surface area (Å²) in [5.74, 6) is 1.74. The number of nitrogens with zero attached hydrogens (tertiary/aromatic N) is 1. The zero-order valence-electron chi connectivity index (χ0n) is 19.4. The number of nitrogens with one attached hydrogen (secondary N) is 3. The van der Waals surface area contributed by atoms with E-state index in [4.69, 9.17) is 9.47 Å². The molecule has 32 heavy (non-hydrogen) atoms. The number of aliphatic imine (C=N–C) groups is 1. The Morgan fingerprint density at radius 2 is 1.75 bits per heavy atom. The summed E-state index contributed by atoms with van der Waals surface area (Å²) in [7, 11) is 3.53. The predicted octanol–water partition coefficient (Wildman–Crippen LogP) is 3.92. The highest BCUT2D eigenvalue weighted by atomic mass is 127. The lowest BCUT2D eigenvalue weighted by Gasteiger charge is -2.41. The molecule has 2 aromatic carbocycles. The molecule has 2 aromatic rings. The number of methoxy groups -OCH3 is 1. The van der Waals surface area contributed by atoms with Crippen molar-refractivity contribution in [1.29, 1.82) is 0 Å². The quantitative estimate of drug-likeness (QED) is 0.250. The van der Waals surface area contributed by atoms with Crippen LogP contribution in [-0.4, -0.2) is 52.0 Å². The van der Waals surface area contributed by atoms with Crippen molar-refractivity contribution in [2.45, 2.75) is 37.8 Å². The molecule has 0 radical (unpaired) electrons. The van der Waals surface area contributed by atoms with Crippen LogP contribution in [0.2, 0.25) is 0 Å². The van der Waals surface area contributed by atoms with Gasteiger partial charge in [-0.1, -0.05) is 48.5 Å². The van der Waals surface area contributed by atoms with E-state index >= 15 is 0 Å². The molecule has 1 atom stereocenters. The van der Waals surface area contributed by atoms with Gasteiger partial charge in [0, 0.05) is 44.9 Å². The summed E-state index contributed by atoms with van der Waals surface area (Å²) in [6.45, 7) is 5.35. The van der Waals surface area contributed by atoms with Gasteiger partial charge < -0.3 is 25.4 Å². The average molecular weight is 553 g/mol. The molecular weight excluding hydrogens is 515 g/mol. The highest BCUT2D eigenvalue weighted by molar-refractivity contribution is 14.0. The molecule has 6 nitrogen and oxygen atoms in total. The van der Waals surface area contributed by atoms with Gasteiger partial charge in [-0.15, -0.1) is 24.0 Å². The van der Waals surface area contributed by atoms with Gasteiger partial charge in [0.15, 0.2) is 5.96 Å². The van der Waals surface area contributed by atoms with Crippen LogP contribution in [-0.2, 0) is 11.2 Å². The van der Waals surface area contributed by atoms with E-state index in [0.717, 1.165) is 57.3 Å². The van der Waals surface area contributed by atoms with Gasteiger partial charge in [-0.25, -0.2) is 0 Å². The van der Waals surface area contributed by atoms with Crippen molar-refractivity contribution < 1.29 is 9.47 Å². The number of halogens is 1. The topological polar surface area (TPSA) is 66.9 Å². The Hall–Kier alpha value is -1.84. The first kappa shape index (κ1) is 26.4. The van der Waals surface area contributed by atoms with E-state index in [1.165, 1.54) is 11.1 Å². The van der Waals surface area contributed by atoms with Gasteiger partial charge in [0.2, 0.25) is 0 Å². The lowest BCUT2D eigenvalue weighted by molar-refractivity contribution is 0.0355. The molecule has 1 unspecified atom stereocenters. The molecule has 3 N–H and O–H groups in total. The van der Waals surface area contributed by atoms with Crippen molar-refractivity contribution in [2.75, 3.05) is 40.5 Å². The average Bonchev–Trinajstić information content (AvgIpc) is 2.82. The molecule has 0 aromatic heterocycles. The van der Waals surface area contributed by atoms with Gasteiger partial charge >= 0.3 is 0 Å². The molecule has 1 fully saturated rings. The molecule has 0 aliphatic carbocycles. The van der Waals surface area contributed by atoms with Gasteiger partial charge in [-0.05, 0) is 43.4 Å². The second-order valence-electron chi connectivity index (χ2n) is 8.08. The number of guanidine groups is 1. The Labute approximate surface area is 209 Å². The number of para-hydroxylation sites is 1. The van der Waals surface area contributed by atoms with E-state index in [1.807, 2.05) is 25.2 Å². The fourth-order valence-corrected chi connectivity index (χ4v) is 4.12. The Morgan fingerprint density at radius 1 is 1.06 bits per heavy atom. The molecule has 176 valence electrons. The van der Waals surface area contributed by atoms with E-state index < -0.39 is 0 Å². The maximum Gasteiger partial charge on any atom is 0.191 e. The molecule has 0 saturated carbocycles. The van der Waals surface area contributed by atoms with Crippen molar-refractivity contribution in [3.8, 4) is 5.75 Å². The molecule has 3 rings (SSSR count). The fourth-order valence-electron chi connectivity index (χ4n) is 4.12. The van der Waals surface area contributed by atoms with E-state index in [9.17, 15) is 0 Å². The van der Waals surface area contributed by atoms with Crippen molar-refractivity contribution in [3.05, 3.63) is 65.7 Å². The largest absolute Gasteiger partial charge is 0.496 e. The summed E-state index contributed by atoms with van der Waals surface area (Å²) in [5, 5.41) is 10.9. The van der Waals surface area contributed by atoms with Crippen molar-refractivity contribution >= 4 is 29.9 Å². The van der Waals surface area contributed by atoms with Crippen LogP contribution in [0.25, 0.3) is 0 Å². The fraction of sp³-hybridized carbons (Fsp3) is 0.480. The minimum atomic E-state index is -0.0340. The zero-order valence-corrected chi connectivity index (χ0v) is 21.7. The maximum atomic E-state index is 5.66. The van der Waals surface area contributed by atoms with Crippen LogP contribution in [0, 0.1) is 0 Å². The van der Waals surface area contributed by atoms with Crippen LogP contribution in [0.5, 0.6) is 5.75 Å². The normalized spacial score (nSPS) is 16.5. The summed E-state index contributed by atoms with van der Waals surface area (Å²) in [6, 6.07) is 19.0. The minimum absolute atomic E-state index is 0. The summed E-state index contributed by atoms with van der Waals surface area (Å²) in [4.78, 5) is 4.42. The zero-order chi connectivity index (χ0) is 21.9. The summed E-state index contributed by atoms with van der Waals surface area (Å²) in [5.41, 5.74) is 2.45. The van der Waals surface area contributed by atoms with Crippen LogP contribution in [0.15, 0.2) is 59.6 Å². The highest BCUT2D eigenvalue weighted by Gasteiger charge is 2.34. The number of hydrogen-bond acceptors (Lipinski definition) is 4. The van der Waals surface area contributed by atoms with Crippen LogP contribution < -0.4 is 20.7 Å². The van der Waals surface area contributed by atoms with Crippen LogP contribution in [0.1, 0.15) is 36.9 Å². The third-order valence-corrected chi connectivity index (χ3v) is 5.97. The van der Waals surface area contributed by atoms with E-state index in [1.54, 1.807) is 7.11 Å². The summed E-state index contributed by atoms with van der Waals surface area (Å²) >= 11 is 0. The molecule has 1 saturated heterocycles. The van der Waals surface area contributed by atoms with Gasteiger partial charge in [0.1, 0.15) is 5.75 Å². The third-order valence-electron chi connectivity index (χ3n) is 5.97. The first-order chi connectivity index (χ1) is 15.2. The molecule has 0 spiro atoms. The molecular formula is C25H37IN4O2. The van der Waals surface area contributed by atoms with Crippen LogP contribution in [0.3, 0.4) is 0 Å². The number of ether oxygens (including phenoxy) is 2. The Bertz CT molecular complexity index is 826. The lowest BCUT2D eigenvalue weighted by Crippen LogP contribution is -2.58. The monoisotopic (exact) mass is 552 g/mol. The van der Waals surface area contributed by atoms with Gasteiger partial charge in [0.05, 0.1) is 7.11 Å². The van der Waals surface area contributed by atoms with Gasteiger partial charge in [-0.3, -0.25) is 4.99 Å². The number of hydrogen-bond donors (Lipinski definition) is 3. The highest BCUT2D eigenvalue weighted by Crippen LogP contribution is 2.25. The molecule has 0 amide bonds. The lowest BCUT2D eigenvalue weighted by atomic mass is 9.88. The van der Waals surface area contributed by atoms with Crippen LogP contribution >= 0.6 is 24.0 Å². The maximum absolute atomic E-state index is 5.66. The molecule has 1 aliphatic rings. The predicted molar refractivity (Wildman–Crippen MR) is 142 cm³/mol. The Balaban J connectivity index is 0.00000363. The van der Waals surface area contributed by atoms with Gasteiger partial charge in [-0.2, -0.15) is 0 Å². The first-order valence-corrected chi connectivity index (χ1v) is 11.1. The van der Waals surface area contributed by atoms with Crippen molar-refractivity contribution in [2.24, 2.45) is 4.99 Å². The minimum Gasteiger partial charge on any atom is -0.496 e. The molecule has 0 bridgehead atoms. The summed E-state index contributed by atoms with van der Waals surface area (Å²) in [6.07, 6.45) is 2.80. The van der Waals surface area contributed by atoms with Crippen molar-refractivity contribution in [1.82, 2.24) is 16.0 Å². The number of rotatable bonds is 9. The molecule has 1 heterocycles. The molecule has 1 aliphatic heterocycles. The van der Waals surface area contributed by atoms with E-state index in [2.05, 4.69) is 64.3 Å². The van der Waals surface area contributed by atoms with E-state index in [-0.39, 0.29) is 35.6 Å². The van der Waals surface area contributed by atoms with Crippen molar-refractivity contribution in [3.63, 3.8) is 0 Å². The third kappa shape index (κ3) is 7.64. The Kier molecular flexibility index (Phi) is 11.3. The molecule has 7 heteroatoms. The van der Waals surface area contributed by atoms with Crippen LogP contribution in [0.4, 0.5) is 0 Å². The van der Waals surface area contributed by atoms with Gasteiger partial charge in [0.25, 0.3) is 0 Å². The summed E-state index contributed by atoms with van der Waals surface area (Å²) < 4.78 is 11.1. The second-order valence-corrected chi connectivity index (χ2v) is 8.08.